The first-order valence-electron chi connectivity index (χ1n) is 26.9. The minimum absolute atomic E-state index is 0. The van der Waals surface area contributed by atoms with Crippen LogP contribution in [0.25, 0.3) is 83.7 Å². The molecule has 4 heterocycles. The third kappa shape index (κ3) is 10.0. The van der Waals surface area contributed by atoms with E-state index in [4.69, 9.17) is 23.5 Å². The van der Waals surface area contributed by atoms with Crippen LogP contribution in [0.2, 0.25) is 19.6 Å². The molecule has 0 atom stereocenters. The molecule has 74 heavy (non-hydrogen) atoms. The Kier molecular flexibility index (Phi) is 13.7. The van der Waals surface area contributed by atoms with Gasteiger partial charge in [0.2, 0.25) is 0 Å². The van der Waals surface area contributed by atoms with Crippen LogP contribution in [0.1, 0.15) is 91.0 Å². The number of rotatable bonds is 10. The molecule has 1 radical (unpaired) electrons. The van der Waals surface area contributed by atoms with Crippen molar-refractivity contribution in [3.05, 3.63) is 222 Å². The summed E-state index contributed by atoms with van der Waals surface area (Å²) >= 11 is 0. The van der Waals surface area contributed by atoms with Gasteiger partial charge in [-0.05, 0) is 87.3 Å². The molecule has 0 aliphatic carbocycles. The fraction of sp³-hybridized carbons (Fsp3) is 0.209. The fourth-order valence-corrected chi connectivity index (χ4v) is 11.8. The standard InChI is InChI=1S/C43H36N3O.C24H28NSi.Ir/c1-26(2)35-23-31(29-15-8-6-9-16-29)24-36(27(3)4)41(35)46-38-25-37(30-17-10-7-11-18-30)44-28(5)40(38)45-43(46)34-21-14-20-33-32-19-12-13-22-39(32)47-42(33)34;1-18-12-14-19(15-13-18)22-16-21(23(17-25-22)26(4,5)6)24(2,3)20-10-8-7-9-11-20;/h6-20,22-27H,1-5H3;7-14,16-17H,1-6H3;/q2*-1;/i;1D3;. The van der Waals surface area contributed by atoms with Gasteiger partial charge in [0.15, 0.2) is 0 Å². The number of para-hydroxylation sites is 1. The molecular formula is C67H64IrN4OSi-2. The molecule has 0 unspecified atom stereocenters. The van der Waals surface area contributed by atoms with Crippen molar-refractivity contribution in [2.45, 2.75) is 92.2 Å². The summed E-state index contributed by atoms with van der Waals surface area (Å²) in [6, 6.07) is 64.7. The number of hydrogen-bond donors (Lipinski definition) is 0. The van der Waals surface area contributed by atoms with Gasteiger partial charge in [-0.15, -0.1) is 53.6 Å². The van der Waals surface area contributed by atoms with E-state index in [1.807, 2.05) is 36.5 Å². The van der Waals surface area contributed by atoms with Crippen molar-refractivity contribution in [1.82, 2.24) is 19.5 Å². The number of imidazole rings is 1. The normalized spacial score (nSPS) is 12.6. The Bertz CT molecular complexity index is 3850. The minimum atomic E-state index is -2.12. The van der Waals surface area contributed by atoms with Crippen LogP contribution in [0.5, 0.6) is 0 Å². The number of aryl methyl sites for hydroxylation is 2. The molecule has 11 rings (SSSR count). The van der Waals surface area contributed by atoms with Crippen LogP contribution in [0.3, 0.4) is 0 Å². The van der Waals surface area contributed by atoms with Crippen molar-refractivity contribution in [2.24, 2.45) is 0 Å². The number of furan rings is 1. The van der Waals surface area contributed by atoms with Gasteiger partial charge >= 0.3 is 0 Å². The van der Waals surface area contributed by atoms with Gasteiger partial charge in [-0.1, -0.05) is 194 Å². The third-order valence-electron chi connectivity index (χ3n) is 14.2. The zero-order valence-electron chi connectivity index (χ0n) is 46.9. The van der Waals surface area contributed by atoms with E-state index in [1.54, 1.807) is 18.2 Å². The Morgan fingerprint density at radius 3 is 1.92 bits per heavy atom. The first kappa shape index (κ1) is 47.9. The van der Waals surface area contributed by atoms with Gasteiger partial charge in [0, 0.05) is 52.5 Å². The molecule has 0 spiro atoms. The van der Waals surface area contributed by atoms with Crippen molar-refractivity contribution in [2.75, 3.05) is 0 Å². The fourth-order valence-electron chi connectivity index (χ4n) is 10.2. The number of fused-ring (bicyclic) bond motifs is 4. The third-order valence-corrected chi connectivity index (χ3v) is 16.2. The van der Waals surface area contributed by atoms with E-state index in [0.717, 1.165) is 72.6 Å². The first-order chi connectivity index (χ1) is 36.3. The maximum absolute atomic E-state index is 7.56. The van der Waals surface area contributed by atoms with Crippen LogP contribution in [-0.2, 0) is 25.5 Å². The van der Waals surface area contributed by atoms with Crippen molar-refractivity contribution in [1.29, 1.82) is 0 Å². The minimum Gasteiger partial charge on any atom is -0.501 e. The molecule has 0 fully saturated rings. The molecule has 0 aliphatic heterocycles. The van der Waals surface area contributed by atoms with Crippen LogP contribution in [0.4, 0.5) is 0 Å². The summed E-state index contributed by atoms with van der Waals surface area (Å²) in [6.07, 6.45) is 2.02. The molecular weight excluding hydrogens is 1100 g/mol. The van der Waals surface area contributed by atoms with Gasteiger partial charge in [0.05, 0.1) is 41.9 Å². The predicted octanol–water partition coefficient (Wildman–Crippen LogP) is 17.4. The van der Waals surface area contributed by atoms with Crippen molar-refractivity contribution in [3.8, 4) is 50.7 Å². The van der Waals surface area contributed by atoms with E-state index in [1.165, 1.54) is 44.3 Å². The SMILES string of the molecule is Cc1nc(-c2ccccc2)cc2c1nc(-c1[c-]ccc3c1oc1ccccc13)n2-c1c(C(C)C)cc(-c2ccccc2)cc1C(C)C.[2H]C([2H])([2H])c1c[c-]c(-c2cc(C(C)(C)c3ccccc3)c([Si](C)(C)C)cn2)cc1.[Ir]. The second-order valence-corrected chi connectivity index (χ2v) is 26.4. The second kappa shape index (κ2) is 21.1. The van der Waals surface area contributed by atoms with Crippen molar-refractivity contribution < 1.29 is 28.6 Å². The van der Waals surface area contributed by atoms with Crippen LogP contribution in [0, 0.1) is 25.9 Å². The summed E-state index contributed by atoms with van der Waals surface area (Å²) in [4.78, 5) is 15.2. The summed E-state index contributed by atoms with van der Waals surface area (Å²) < 4.78 is 31.6. The molecule has 0 N–H and O–H groups in total. The van der Waals surface area contributed by atoms with Crippen LogP contribution in [0.15, 0.2) is 180 Å². The van der Waals surface area contributed by atoms with E-state index >= 15 is 0 Å². The first-order valence-corrected chi connectivity index (χ1v) is 28.9. The zero-order chi connectivity index (χ0) is 53.7. The van der Waals surface area contributed by atoms with Crippen LogP contribution in [-0.4, -0.2) is 27.6 Å². The summed E-state index contributed by atoms with van der Waals surface area (Å²) in [7, 11) is -1.63. The molecule has 7 aromatic carbocycles. The van der Waals surface area contributed by atoms with Crippen molar-refractivity contribution in [3.63, 3.8) is 0 Å². The van der Waals surface area contributed by atoms with Crippen LogP contribution < -0.4 is 5.19 Å². The number of hydrogen-bond acceptors (Lipinski definition) is 4. The van der Waals surface area contributed by atoms with E-state index in [2.05, 4.69) is 206 Å². The summed E-state index contributed by atoms with van der Waals surface area (Å²) in [6.45, 7) is 20.6. The van der Waals surface area contributed by atoms with E-state index < -0.39 is 14.9 Å². The Morgan fingerprint density at radius 1 is 0.662 bits per heavy atom. The maximum Gasteiger partial charge on any atom is 0.120 e. The average Bonchev–Trinajstić information content (AvgIpc) is 4.13. The summed E-state index contributed by atoms with van der Waals surface area (Å²) in [5.74, 6) is 1.30. The largest absolute Gasteiger partial charge is 0.501 e. The van der Waals surface area contributed by atoms with Gasteiger partial charge < -0.3 is 14.0 Å². The molecule has 4 aromatic heterocycles. The van der Waals surface area contributed by atoms with Gasteiger partial charge in [-0.25, -0.2) is 0 Å². The molecule has 0 bridgehead atoms. The van der Waals surface area contributed by atoms with E-state index in [0.29, 0.717) is 5.56 Å². The number of pyridine rings is 2. The van der Waals surface area contributed by atoms with Gasteiger partial charge in [0.25, 0.3) is 0 Å². The molecule has 0 amide bonds. The van der Waals surface area contributed by atoms with E-state index in [-0.39, 0.29) is 37.4 Å². The van der Waals surface area contributed by atoms with Gasteiger partial charge in [-0.2, -0.15) is 0 Å². The molecule has 0 aliphatic rings. The van der Waals surface area contributed by atoms with E-state index in [9.17, 15) is 0 Å². The predicted molar refractivity (Wildman–Crippen MR) is 309 cm³/mol. The zero-order valence-corrected chi connectivity index (χ0v) is 47.3. The van der Waals surface area contributed by atoms with Crippen molar-refractivity contribution >= 4 is 46.2 Å². The van der Waals surface area contributed by atoms with Crippen LogP contribution >= 0.6 is 0 Å². The van der Waals surface area contributed by atoms with Gasteiger partial charge in [0.1, 0.15) is 5.58 Å². The summed E-state index contributed by atoms with van der Waals surface area (Å²) in [5, 5.41) is 3.48. The second-order valence-electron chi connectivity index (χ2n) is 21.3. The van der Waals surface area contributed by atoms with Gasteiger partial charge in [-0.3, -0.25) is 9.97 Å². The molecule has 11 aromatic rings. The Hall–Kier alpha value is -7.02. The maximum atomic E-state index is 7.56. The number of nitrogens with zero attached hydrogens (tertiary/aromatic N) is 4. The molecule has 0 saturated heterocycles. The summed E-state index contributed by atoms with van der Waals surface area (Å²) in [5.41, 5.74) is 17.7. The average molecular weight is 1160 g/mol. The Morgan fingerprint density at radius 2 is 1.30 bits per heavy atom. The Balaban J connectivity index is 0.000000208. The number of aromatic nitrogens is 4. The Labute approximate surface area is 456 Å². The number of benzene rings is 7. The quantitative estimate of drug-likeness (QED) is 0.101. The smallest absolute Gasteiger partial charge is 0.120 e. The molecule has 0 saturated carbocycles. The monoisotopic (exact) mass is 1160 g/mol. The molecule has 373 valence electrons. The topological polar surface area (TPSA) is 56.7 Å². The molecule has 5 nitrogen and oxygen atoms in total. The molecule has 7 heteroatoms.